The van der Waals surface area contributed by atoms with E-state index in [4.69, 9.17) is 4.74 Å². The van der Waals surface area contributed by atoms with E-state index in [0.29, 0.717) is 29.1 Å². The number of hydrogen-bond acceptors (Lipinski definition) is 2. The van der Waals surface area contributed by atoms with E-state index in [1.54, 1.807) is 18.2 Å². The van der Waals surface area contributed by atoms with Crippen molar-refractivity contribution >= 4 is 0 Å². The third-order valence-electron chi connectivity index (χ3n) is 6.82. The molecule has 4 atom stereocenters. The summed E-state index contributed by atoms with van der Waals surface area (Å²) in [4.78, 5) is 0. The van der Waals surface area contributed by atoms with E-state index in [0.717, 1.165) is 37.4 Å². The lowest BCUT2D eigenvalue weighted by molar-refractivity contribution is -0.0498. The first kappa shape index (κ1) is 21.2. The Labute approximate surface area is 176 Å². The number of hydrogen-bond donors (Lipinski definition) is 0. The predicted octanol–water partition coefficient (Wildman–Crippen LogP) is 7.18. The van der Waals surface area contributed by atoms with Gasteiger partial charge in [0.05, 0.1) is 6.10 Å². The van der Waals surface area contributed by atoms with Crippen LogP contribution in [0.2, 0.25) is 0 Å². The summed E-state index contributed by atoms with van der Waals surface area (Å²) in [7, 11) is 0. The molecule has 4 rings (SSSR count). The van der Waals surface area contributed by atoms with Crippen molar-refractivity contribution in [3.63, 3.8) is 0 Å². The Morgan fingerprint density at radius 1 is 0.933 bits per heavy atom. The fourth-order valence-electron chi connectivity index (χ4n) is 5.37. The maximum absolute atomic E-state index is 14.9. The Morgan fingerprint density at radius 3 is 2.37 bits per heavy atom. The molecule has 0 heterocycles. The molecule has 2 aliphatic rings. The molecule has 0 radical (unpaired) electrons. The van der Waals surface area contributed by atoms with Crippen molar-refractivity contribution in [3.8, 4) is 16.9 Å². The number of ether oxygens (including phenoxy) is 2. The summed E-state index contributed by atoms with van der Waals surface area (Å²) < 4.78 is 49.7. The smallest absolute Gasteiger partial charge is 0.387 e. The summed E-state index contributed by atoms with van der Waals surface area (Å²) in [5, 5.41) is 0. The largest absolute Gasteiger partial charge is 0.435 e. The number of halogens is 3. The molecule has 5 heteroatoms. The standard InChI is InChI=1S/C25H29F3O2/c1-2-29-22-11-7-18-13-17(3-4-19(18)14-22)20-8-12-23(24(26)15-20)16-5-9-21(10-6-16)30-25(27)28/h5-6,8-10,12,15,17-19,22,25H,2-4,7,11,13-14H2,1H3. The molecule has 0 saturated heterocycles. The quantitative estimate of drug-likeness (QED) is 0.494. The van der Waals surface area contributed by atoms with Gasteiger partial charge in [-0.05, 0) is 92.5 Å². The summed E-state index contributed by atoms with van der Waals surface area (Å²) in [5.41, 5.74) is 2.20. The minimum Gasteiger partial charge on any atom is -0.435 e. The maximum Gasteiger partial charge on any atom is 0.387 e. The first-order chi connectivity index (χ1) is 14.5. The van der Waals surface area contributed by atoms with Gasteiger partial charge in [-0.25, -0.2) is 4.39 Å². The average Bonchev–Trinajstić information content (AvgIpc) is 2.74. The lowest BCUT2D eigenvalue weighted by Crippen LogP contribution is -2.33. The van der Waals surface area contributed by atoms with Crippen molar-refractivity contribution in [2.45, 2.75) is 64.1 Å². The second-order valence-corrected chi connectivity index (χ2v) is 8.56. The van der Waals surface area contributed by atoms with Gasteiger partial charge in [-0.3, -0.25) is 0 Å². The van der Waals surface area contributed by atoms with Crippen LogP contribution in [0.5, 0.6) is 5.75 Å². The first-order valence-corrected chi connectivity index (χ1v) is 11.0. The number of fused-ring (bicyclic) bond motifs is 1. The van der Waals surface area contributed by atoms with Crippen molar-refractivity contribution < 1.29 is 22.6 Å². The van der Waals surface area contributed by atoms with Gasteiger partial charge < -0.3 is 9.47 Å². The van der Waals surface area contributed by atoms with Gasteiger partial charge in [0, 0.05) is 12.2 Å². The molecule has 162 valence electrons. The molecular weight excluding hydrogens is 389 g/mol. The van der Waals surface area contributed by atoms with Crippen LogP contribution >= 0.6 is 0 Å². The van der Waals surface area contributed by atoms with E-state index in [9.17, 15) is 13.2 Å². The lowest BCUT2D eigenvalue weighted by atomic mass is 9.65. The Morgan fingerprint density at radius 2 is 1.67 bits per heavy atom. The highest BCUT2D eigenvalue weighted by atomic mass is 19.3. The second-order valence-electron chi connectivity index (χ2n) is 8.56. The van der Waals surface area contributed by atoms with E-state index in [2.05, 4.69) is 11.7 Å². The number of alkyl halides is 2. The Kier molecular flexibility index (Phi) is 6.67. The third kappa shape index (κ3) is 4.83. The SMILES string of the molecule is CCOC1CCC2CC(c3ccc(-c4ccc(OC(F)F)cc4)c(F)c3)CCC2C1. The van der Waals surface area contributed by atoms with E-state index in [1.165, 1.54) is 31.4 Å². The molecule has 0 N–H and O–H groups in total. The number of rotatable bonds is 6. The Bertz CT molecular complexity index is 837. The molecule has 2 fully saturated rings. The van der Waals surface area contributed by atoms with Crippen LogP contribution in [0.4, 0.5) is 13.2 Å². The van der Waals surface area contributed by atoms with Gasteiger partial charge in [0.15, 0.2) is 0 Å². The molecule has 0 aromatic heterocycles. The highest BCUT2D eigenvalue weighted by molar-refractivity contribution is 5.65. The molecule has 30 heavy (non-hydrogen) atoms. The topological polar surface area (TPSA) is 18.5 Å². The van der Waals surface area contributed by atoms with Crippen molar-refractivity contribution in [1.29, 1.82) is 0 Å². The van der Waals surface area contributed by atoms with E-state index >= 15 is 0 Å². The average molecular weight is 418 g/mol. The zero-order chi connectivity index (χ0) is 21.1. The predicted molar refractivity (Wildman–Crippen MR) is 111 cm³/mol. The maximum atomic E-state index is 14.9. The zero-order valence-corrected chi connectivity index (χ0v) is 17.3. The van der Waals surface area contributed by atoms with Crippen molar-refractivity contribution in [2.24, 2.45) is 11.8 Å². The molecule has 2 aromatic carbocycles. The molecule has 0 bridgehead atoms. The molecule has 2 aromatic rings. The van der Waals surface area contributed by atoms with Crippen molar-refractivity contribution in [3.05, 3.63) is 53.8 Å². The third-order valence-corrected chi connectivity index (χ3v) is 6.82. The Balaban J connectivity index is 1.42. The van der Waals surface area contributed by atoms with Gasteiger partial charge in [-0.1, -0.05) is 24.3 Å². The van der Waals surface area contributed by atoms with Gasteiger partial charge in [0.1, 0.15) is 11.6 Å². The van der Waals surface area contributed by atoms with Crippen LogP contribution in [0.3, 0.4) is 0 Å². The second kappa shape index (κ2) is 9.42. The molecule has 2 saturated carbocycles. The molecule has 4 unspecified atom stereocenters. The van der Waals surface area contributed by atoms with Crippen LogP contribution < -0.4 is 4.74 Å². The molecule has 2 aliphatic carbocycles. The van der Waals surface area contributed by atoms with E-state index in [-0.39, 0.29) is 11.6 Å². The summed E-state index contributed by atoms with van der Waals surface area (Å²) >= 11 is 0. The van der Waals surface area contributed by atoms with Crippen LogP contribution in [0.1, 0.15) is 56.9 Å². The normalized spacial score (nSPS) is 26.4. The molecular formula is C25H29F3O2. The fourth-order valence-corrected chi connectivity index (χ4v) is 5.37. The van der Waals surface area contributed by atoms with Crippen molar-refractivity contribution in [2.75, 3.05) is 6.61 Å². The van der Waals surface area contributed by atoms with Crippen LogP contribution in [0.25, 0.3) is 11.1 Å². The Hall–Kier alpha value is -2.01. The molecule has 0 amide bonds. The van der Waals surface area contributed by atoms with Crippen LogP contribution in [-0.2, 0) is 4.74 Å². The summed E-state index contributed by atoms with van der Waals surface area (Å²) in [6, 6.07) is 11.6. The van der Waals surface area contributed by atoms with Crippen LogP contribution in [0, 0.1) is 17.7 Å². The van der Waals surface area contributed by atoms with Gasteiger partial charge in [0.25, 0.3) is 0 Å². The monoisotopic (exact) mass is 418 g/mol. The zero-order valence-electron chi connectivity index (χ0n) is 17.3. The summed E-state index contributed by atoms with van der Waals surface area (Å²) in [5.74, 6) is 1.66. The van der Waals surface area contributed by atoms with E-state index in [1.807, 2.05) is 12.1 Å². The molecule has 0 spiro atoms. The minimum absolute atomic E-state index is 0.0709. The van der Waals surface area contributed by atoms with Gasteiger partial charge in [0.2, 0.25) is 0 Å². The number of benzene rings is 2. The van der Waals surface area contributed by atoms with Crippen LogP contribution in [0.15, 0.2) is 42.5 Å². The summed E-state index contributed by atoms with van der Waals surface area (Å²) in [6.07, 6.45) is 7.35. The lowest BCUT2D eigenvalue weighted by Gasteiger charge is -2.42. The first-order valence-electron chi connectivity index (χ1n) is 11.0. The fraction of sp³-hybridized carbons (Fsp3) is 0.520. The van der Waals surface area contributed by atoms with E-state index < -0.39 is 6.61 Å². The molecule has 0 aliphatic heterocycles. The van der Waals surface area contributed by atoms with Crippen molar-refractivity contribution in [1.82, 2.24) is 0 Å². The van der Waals surface area contributed by atoms with Gasteiger partial charge >= 0.3 is 6.61 Å². The molecule has 2 nitrogen and oxygen atoms in total. The van der Waals surface area contributed by atoms with Gasteiger partial charge in [-0.15, -0.1) is 0 Å². The van der Waals surface area contributed by atoms with Gasteiger partial charge in [-0.2, -0.15) is 8.78 Å². The highest BCUT2D eigenvalue weighted by Gasteiger charge is 2.36. The minimum atomic E-state index is -2.86. The highest BCUT2D eigenvalue weighted by Crippen LogP contribution is 2.47. The summed E-state index contributed by atoms with van der Waals surface area (Å²) in [6.45, 7) is -0.0124. The van der Waals surface area contributed by atoms with Crippen LogP contribution in [-0.4, -0.2) is 19.3 Å².